The number of thiazole rings is 1. The van der Waals surface area contributed by atoms with E-state index in [0.717, 1.165) is 69.0 Å². The van der Waals surface area contributed by atoms with Gasteiger partial charge in [-0.1, -0.05) is 23.5 Å². The lowest BCUT2D eigenvalue weighted by molar-refractivity contribution is -0.125. The van der Waals surface area contributed by atoms with Gasteiger partial charge in [0.25, 0.3) is 0 Å². The Hall–Kier alpha value is -1.66. The minimum absolute atomic E-state index is 0.0604. The summed E-state index contributed by atoms with van der Waals surface area (Å²) in [5.74, 6) is 0.245. The van der Waals surface area contributed by atoms with Crippen molar-refractivity contribution in [3.05, 3.63) is 24.3 Å². The van der Waals surface area contributed by atoms with Crippen molar-refractivity contribution in [2.24, 2.45) is 5.92 Å². The van der Waals surface area contributed by atoms with Crippen molar-refractivity contribution in [1.82, 2.24) is 10.3 Å². The van der Waals surface area contributed by atoms with E-state index in [9.17, 15) is 4.79 Å². The molecular formula is C19H25N3O2S. The van der Waals surface area contributed by atoms with Gasteiger partial charge in [-0.3, -0.25) is 4.79 Å². The van der Waals surface area contributed by atoms with Gasteiger partial charge in [-0.05, 0) is 44.2 Å². The molecule has 4 rings (SSSR count). The number of rotatable bonds is 5. The Kier molecular flexibility index (Phi) is 5.17. The maximum absolute atomic E-state index is 12.5. The molecule has 1 N–H and O–H groups in total. The summed E-state index contributed by atoms with van der Waals surface area (Å²) in [6, 6.07) is 8.22. The molecule has 2 aliphatic heterocycles. The number of piperidine rings is 1. The van der Waals surface area contributed by atoms with Gasteiger partial charge in [0.05, 0.1) is 22.2 Å². The number of amides is 1. The van der Waals surface area contributed by atoms with Crippen LogP contribution in [0.25, 0.3) is 10.2 Å². The van der Waals surface area contributed by atoms with Crippen LogP contribution in [0, 0.1) is 5.92 Å². The number of para-hydroxylation sites is 1. The summed E-state index contributed by atoms with van der Waals surface area (Å²) in [5.41, 5.74) is 1.05. The number of nitrogens with one attached hydrogen (secondary N) is 1. The van der Waals surface area contributed by atoms with E-state index in [1.54, 1.807) is 11.3 Å². The minimum atomic E-state index is 0.0604. The van der Waals surface area contributed by atoms with Crippen LogP contribution in [0.1, 0.15) is 32.1 Å². The molecule has 6 heteroatoms. The maximum atomic E-state index is 12.5. The van der Waals surface area contributed by atoms with Gasteiger partial charge >= 0.3 is 0 Å². The maximum Gasteiger partial charge on any atom is 0.224 e. The van der Waals surface area contributed by atoms with Crippen LogP contribution in [0.3, 0.4) is 0 Å². The number of benzene rings is 1. The number of hydrogen-bond acceptors (Lipinski definition) is 5. The lowest BCUT2D eigenvalue weighted by Gasteiger charge is -2.31. The van der Waals surface area contributed by atoms with Crippen LogP contribution in [0.2, 0.25) is 0 Å². The summed E-state index contributed by atoms with van der Waals surface area (Å²) in [4.78, 5) is 19.5. The van der Waals surface area contributed by atoms with Gasteiger partial charge in [-0.2, -0.15) is 0 Å². The van der Waals surface area contributed by atoms with Crippen LogP contribution >= 0.6 is 11.3 Å². The van der Waals surface area contributed by atoms with E-state index in [0.29, 0.717) is 6.10 Å². The van der Waals surface area contributed by atoms with Gasteiger partial charge in [0.15, 0.2) is 5.13 Å². The molecule has 1 amide bonds. The molecule has 2 saturated heterocycles. The molecule has 2 fully saturated rings. The first kappa shape index (κ1) is 16.8. The second kappa shape index (κ2) is 7.70. The van der Waals surface area contributed by atoms with E-state index in [-0.39, 0.29) is 11.8 Å². The van der Waals surface area contributed by atoms with Gasteiger partial charge in [0.1, 0.15) is 0 Å². The quantitative estimate of drug-likeness (QED) is 0.891. The second-order valence-electron chi connectivity index (χ2n) is 6.96. The highest BCUT2D eigenvalue weighted by Crippen LogP contribution is 2.31. The first-order valence-electron chi connectivity index (χ1n) is 9.29. The average molecular weight is 359 g/mol. The molecule has 0 radical (unpaired) electrons. The Morgan fingerprint density at radius 3 is 3.08 bits per heavy atom. The average Bonchev–Trinajstić information content (AvgIpc) is 3.31. The molecule has 1 aromatic heterocycles. The number of carbonyl (C=O) groups is 1. The van der Waals surface area contributed by atoms with E-state index >= 15 is 0 Å². The van der Waals surface area contributed by atoms with E-state index in [1.807, 2.05) is 12.1 Å². The number of nitrogens with zero attached hydrogens (tertiary/aromatic N) is 2. The molecule has 134 valence electrons. The SMILES string of the molecule is O=C(NCC[C@@H]1CCCO1)[C@@H]1CCCN(c2nc3ccccc3s2)C1. The van der Waals surface area contributed by atoms with Crippen LogP contribution in [0.5, 0.6) is 0 Å². The molecule has 5 nitrogen and oxygen atoms in total. The van der Waals surface area contributed by atoms with Crippen LogP contribution in [-0.4, -0.2) is 43.2 Å². The van der Waals surface area contributed by atoms with Gasteiger partial charge < -0.3 is 15.0 Å². The van der Waals surface area contributed by atoms with Crippen molar-refractivity contribution in [2.75, 3.05) is 31.1 Å². The summed E-state index contributed by atoms with van der Waals surface area (Å²) < 4.78 is 6.83. The summed E-state index contributed by atoms with van der Waals surface area (Å²) in [5, 5.41) is 4.16. The number of carbonyl (C=O) groups excluding carboxylic acids is 1. The topological polar surface area (TPSA) is 54.5 Å². The highest BCUT2D eigenvalue weighted by atomic mass is 32.1. The van der Waals surface area contributed by atoms with Crippen molar-refractivity contribution >= 4 is 32.6 Å². The fraction of sp³-hybridized carbons (Fsp3) is 0.579. The third-order valence-corrected chi connectivity index (χ3v) is 6.23. The van der Waals surface area contributed by atoms with Gasteiger partial charge in [-0.25, -0.2) is 4.98 Å². The third-order valence-electron chi connectivity index (χ3n) is 5.13. The molecule has 2 atom stereocenters. The number of fused-ring (bicyclic) bond motifs is 1. The highest BCUT2D eigenvalue weighted by molar-refractivity contribution is 7.22. The predicted molar refractivity (Wildman–Crippen MR) is 101 cm³/mol. The summed E-state index contributed by atoms with van der Waals surface area (Å²) >= 11 is 1.72. The monoisotopic (exact) mass is 359 g/mol. The summed E-state index contributed by atoms with van der Waals surface area (Å²) in [6.07, 6.45) is 5.56. The van der Waals surface area contributed by atoms with Gasteiger partial charge in [-0.15, -0.1) is 0 Å². The van der Waals surface area contributed by atoms with Crippen LogP contribution < -0.4 is 10.2 Å². The Balaban J connectivity index is 1.32. The van der Waals surface area contributed by atoms with Gasteiger partial charge in [0.2, 0.25) is 5.91 Å². The molecule has 25 heavy (non-hydrogen) atoms. The van der Waals surface area contributed by atoms with E-state index in [2.05, 4.69) is 22.3 Å². The van der Waals surface area contributed by atoms with E-state index in [4.69, 9.17) is 9.72 Å². The van der Waals surface area contributed by atoms with Crippen LogP contribution in [0.4, 0.5) is 5.13 Å². The fourth-order valence-electron chi connectivity index (χ4n) is 3.73. The van der Waals surface area contributed by atoms with Crippen LogP contribution in [0.15, 0.2) is 24.3 Å². The van der Waals surface area contributed by atoms with Gasteiger partial charge in [0, 0.05) is 26.2 Å². The zero-order chi connectivity index (χ0) is 17.1. The molecule has 2 aromatic rings. The third kappa shape index (κ3) is 3.96. The normalized spacial score (nSPS) is 23.9. The first-order chi connectivity index (χ1) is 12.3. The Labute approximate surface area is 152 Å². The lowest BCUT2D eigenvalue weighted by atomic mass is 9.97. The molecule has 0 unspecified atom stereocenters. The number of anilines is 1. The molecule has 2 aliphatic rings. The Morgan fingerprint density at radius 1 is 1.32 bits per heavy atom. The summed E-state index contributed by atoms with van der Waals surface area (Å²) in [7, 11) is 0. The van der Waals surface area contributed by atoms with E-state index in [1.165, 1.54) is 4.70 Å². The highest BCUT2D eigenvalue weighted by Gasteiger charge is 2.27. The van der Waals surface area contributed by atoms with Crippen molar-refractivity contribution in [3.63, 3.8) is 0 Å². The minimum Gasteiger partial charge on any atom is -0.378 e. The molecule has 1 aromatic carbocycles. The number of aromatic nitrogens is 1. The Bertz CT molecular complexity index is 693. The number of hydrogen-bond donors (Lipinski definition) is 1. The van der Waals surface area contributed by atoms with Crippen molar-refractivity contribution in [1.29, 1.82) is 0 Å². The Morgan fingerprint density at radius 2 is 2.24 bits per heavy atom. The zero-order valence-electron chi connectivity index (χ0n) is 14.4. The second-order valence-corrected chi connectivity index (χ2v) is 7.97. The molecule has 3 heterocycles. The largest absolute Gasteiger partial charge is 0.378 e. The van der Waals surface area contributed by atoms with Crippen molar-refractivity contribution < 1.29 is 9.53 Å². The summed E-state index contributed by atoms with van der Waals surface area (Å²) in [6.45, 7) is 3.35. The molecular weight excluding hydrogens is 334 g/mol. The lowest BCUT2D eigenvalue weighted by Crippen LogP contribution is -2.43. The van der Waals surface area contributed by atoms with Crippen molar-refractivity contribution in [2.45, 2.75) is 38.2 Å². The fourth-order valence-corrected chi connectivity index (χ4v) is 4.73. The molecule has 0 aliphatic carbocycles. The molecule has 0 bridgehead atoms. The standard InChI is InChI=1S/C19H25N3O2S/c23-18(20-10-9-15-6-4-12-24-15)14-5-3-11-22(13-14)19-21-16-7-1-2-8-17(16)25-19/h1-2,7-8,14-15H,3-6,9-13H2,(H,20,23)/t14-,15+/m1/s1. The molecule has 0 saturated carbocycles. The zero-order valence-corrected chi connectivity index (χ0v) is 15.3. The number of ether oxygens (including phenoxy) is 1. The van der Waals surface area contributed by atoms with Crippen LogP contribution in [-0.2, 0) is 9.53 Å². The first-order valence-corrected chi connectivity index (χ1v) is 10.1. The predicted octanol–water partition coefficient (Wildman–Crippen LogP) is 3.20. The smallest absolute Gasteiger partial charge is 0.224 e. The molecule has 0 spiro atoms. The van der Waals surface area contributed by atoms with Crippen molar-refractivity contribution in [3.8, 4) is 0 Å². The van der Waals surface area contributed by atoms with E-state index < -0.39 is 0 Å².